The van der Waals surface area contributed by atoms with Crippen molar-refractivity contribution in [3.05, 3.63) is 58.9 Å². The highest BCUT2D eigenvalue weighted by Gasteiger charge is 2.65. The fraction of sp³-hybridized carbons (Fsp3) is 0.350. The van der Waals surface area contributed by atoms with Crippen LogP contribution in [-0.2, 0) is 5.41 Å². The molecule has 2 aliphatic rings. The monoisotopic (exact) mass is 323 g/mol. The summed E-state index contributed by atoms with van der Waals surface area (Å²) in [6, 6.07) is 10.6. The maximum atomic E-state index is 13.1. The lowest BCUT2D eigenvalue weighted by molar-refractivity contribution is 0.589. The second-order valence-corrected chi connectivity index (χ2v) is 7.10. The fourth-order valence-corrected chi connectivity index (χ4v) is 4.49. The Bertz CT molecular complexity index is 799. The molecule has 2 fully saturated rings. The minimum Gasteiger partial charge on any atom is -0.355 e. The topological polar surface area (TPSA) is 47.9 Å². The SMILES string of the molecule is Cc1cc(Nc2ccc(F)cc2)c(C=N)cc1C12CNCC1C2C. The van der Waals surface area contributed by atoms with Crippen LogP contribution in [0.25, 0.3) is 0 Å². The van der Waals surface area contributed by atoms with Crippen LogP contribution in [-0.4, -0.2) is 19.3 Å². The van der Waals surface area contributed by atoms with Crippen LogP contribution in [0.15, 0.2) is 36.4 Å². The third kappa shape index (κ3) is 2.17. The number of benzene rings is 2. The predicted molar refractivity (Wildman–Crippen MR) is 95.9 cm³/mol. The molecule has 2 aromatic carbocycles. The molecule has 1 saturated heterocycles. The first-order valence-electron chi connectivity index (χ1n) is 8.45. The highest BCUT2D eigenvalue weighted by atomic mass is 19.1. The van der Waals surface area contributed by atoms with Crippen LogP contribution in [0.5, 0.6) is 0 Å². The van der Waals surface area contributed by atoms with E-state index in [1.54, 1.807) is 12.1 Å². The molecule has 3 nitrogen and oxygen atoms in total. The van der Waals surface area contributed by atoms with Gasteiger partial charge in [0.15, 0.2) is 0 Å². The summed E-state index contributed by atoms with van der Waals surface area (Å²) in [5.74, 6) is 1.17. The van der Waals surface area contributed by atoms with Crippen molar-refractivity contribution < 1.29 is 4.39 Å². The first kappa shape index (κ1) is 15.3. The summed E-state index contributed by atoms with van der Waals surface area (Å²) in [7, 11) is 0. The number of hydrogen-bond acceptors (Lipinski definition) is 3. The van der Waals surface area contributed by atoms with E-state index in [4.69, 9.17) is 5.41 Å². The molecule has 3 N–H and O–H groups in total. The van der Waals surface area contributed by atoms with Gasteiger partial charge in [-0.15, -0.1) is 0 Å². The van der Waals surface area contributed by atoms with E-state index in [0.29, 0.717) is 11.8 Å². The van der Waals surface area contributed by atoms with E-state index >= 15 is 0 Å². The molecule has 3 atom stereocenters. The Morgan fingerprint density at radius 2 is 2.04 bits per heavy atom. The molecule has 1 aliphatic carbocycles. The van der Waals surface area contributed by atoms with Crippen molar-refractivity contribution in [3.63, 3.8) is 0 Å². The van der Waals surface area contributed by atoms with E-state index in [9.17, 15) is 4.39 Å². The summed E-state index contributed by atoms with van der Waals surface area (Å²) in [5.41, 5.74) is 5.46. The van der Waals surface area contributed by atoms with E-state index in [1.165, 1.54) is 29.5 Å². The van der Waals surface area contributed by atoms with Gasteiger partial charge in [-0.2, -0.15) is 0 Å². The van der Waals surface area contributed by atoms with E-state index < -0.39 is 0 Å². The van der Waals surface area contributed by atoms with Crippen LogP contribution in [0.4, 0.5) is 15.8 Å². The summed E-state index contributed by atoms with van der Waals surface area (Å²) in [5, 5.41) is 14.6. The molecule has 124 valence electrons. The summed E-state index contributed by atoms with van der Waals surface area (Å²) in [6.07, 6.45) is 1.40. The van der Waals surface area contributed by atoms with Gasteiger partial charge >= 0.3 is 0 Å². The van der Waals surface area contributed by atoms with Gasteiger partial charge in [-0.05, 0) is 72.8 Å². The van der Waals surface area contributed by atoms with Crippen LogP contribution in [0, 0.1) is 30.0 Å². The number of nitrogens with one attached hydrogen (secondary N) is 3. The van der Waals surface area contributed by atoms with E-state index in [1.807, 2.05) is 0 Å². The smallest absolute Gasteiger partial charge is 0.123 e. The van der Waals surface area contributed by atoms with Gasteiger partial charge in [-0.3, -0.25) is 0 Å². The van der Waals surface area contributed by atoms with Gasteiger partial charge < -0.3 is 16.0 Å². The van der Waals surface area contributed by atoms with Crippen molar-refractivity contribution in [1.29, 1.82) is 5.41 Å². The lowest BCUT2D eigenvalue weighted by Gasteiger charge is -2.20. The normalized spacial score (nSPS) is 27.6. The molecule has 1 heterocycles. The van der Waals surface area contributed by atoms with Gasteiger partial charge in [-0.25, -0.2) is 4.39 Å². The molecule has 3 unspecified atom stereocenters. The highest BCUT2D eigenvalue weighted by molar-refractivity contribution is 5.88. The highest BCUT2D eigenvalue weighted by Crippen LogP contribution is 2.62. The minimum atomic E-state index is -0.249. The molecule has 1 saturated carbocycles. The number of aryl methyl sites for hydroxylation is 1. The van der Waals surface area contributed by atoms with Crippen molar-refractivity contribution in [3.8, 4) is 0 Å². The summed E-state index contributed by atoms with van der Waals surface area (Å²) in [6.45, 7) is 6.60. The maximum Gasteiger partial charge on any atom is 0.123 e. The summed E-state index contributed by atoms with van der Waals surface area (Å²) < 4.78 is 13.1. The van der Waals surface area contributed by atoms with Crippen molar-refractivity contribution in [2.45, 2.75) is 19.3 Å². The molecule has 1 aliphatic heterocycles. The molecule has 0 amide bonds. The lowest BCUT2D eigenvalue weighted by Crippen LogP contribution is -2.23. The Labute approximate surface area is 141 Å². The van der Waals surface area contributed by atoms with Crippen molar-refractivity contribution >= 4 is 17.6 Å². The van der Waals surface area contributed by atoms with Crippen molar-refractivity contribution in [2.24, 2.45) is 11.8 Å². The quantitative estimate of drug-likeness (QED) is 0.745. The second-order valence-electron chi connectivity index (χ2n) is 7.10. The molecule has 2 aromatic rings. The number of halogens is 1. The zero-order chi connectivity index (χ0) is 16.9. The predicted octanol–water partition coefficient (Wildman–Crippen LogP) is 3.98. The summed E-state index contributed by atoms with van der Waals surface area (Å²) in [4.78, 5) is 0. The van der Waals surface area contributed by atoms with Gasteiger partial charge in [0.05, 0.1) is 0 Å². The zero-order valence-electron chi connectivity index (χ0n) is 14.0. The number of rotatable bonds is 4. The van der Waals surface area contributed by atoms with Gasteiger partial charge in [0.1, 0.15) is 5.82 Å². The van der Waals surface area contributed by atoms with E-state index in [2.05, 4.69) is 36.6 Å². The first-order valence-corrected chi connectivity index (χ1v) is 8.45. The van der Waals surface area contributed by atoms with Crippen molar-refractivity contribution in [2.75, 3.05) is 18.4 Å². The van der Waals surface area contributed by atoms with Crippen LogP contribution in [0.1, 0.15) is 23.6 Å². The van der Waals surface area contributed by atoms with Crippen LogP contribution in [0.3, 0.4) is 0 Å². The number of hydrogen-bond donors (Lipinski definition) is 3. The van der Waals surface area contributed by atoms with Gasteiger partial charge in [0, 0.05) is 35.1 Å². The molecule has 4 rings (SSSR count). The van der Waals surface area contributed by atoms with Crippen LogP contribution >= 0.6 is 0 Å². The number of fused-ring (bicyclic) bond motifs is 1. The van der Waals surface area contributed by atoms with Crippen LogP contribution in [0.2, 0.25) is 0 Å². The van der Waals surface area contributed by atoms with Gasteiger partial charge in [0.25, 0.3) is 0 Å². The standard InChI is InChI=1S/C20H22FN3/c1-12-7-19(24-16-5-3-15(21)4-6-16)14(9-22)8-17(12)20-11-23-10-18(20)13(20)2/h3-9,13,18,22-24H,10-11H2,1-2H3. The second kappa shape index (κ2) is 5.42. The van der Waals surface area contributed by atoms with E-state index in [-0.39, 0.29) is 11.2 Å². The molecule has 0 bridgehead atoms. The molecule has 4 heteroatoms. The maximum absolute atomic E-state index is 13.1. The Morgan fingerprint density at radius 1 is 1.29 bits per heavy atom. The molecule has 0 radical (unpaired) electrons. The molecule has 24 heavy (non-hydrogen) atoms. The average Bonchev–Trinajstić information content (AvgIpc) is 2.95. The number of piperidine rings is 1. The van der Waals surface area contributed by atoms with Gasteiger partial charge in [0.2, 0.25) is 0 Å². The minimum absolute atomic E-state index is 0.246. The molecular formula is C20H22FN3. The Balaban J connectivity index is 1.71. The molecule has 0 aromatic heterocycles. The summed E-state index contributed by atoms with van der Waals surface area (Å²) >= 11 is 0. The molecule has 0 spiro atoms. The van der Waals surface area contributed by atoms with Crippen molar-refractivity contribution in [1.82, 2.24) is 5.32 Å². The Morgan fingerprint density at radius 3 is 2.67 bits per heavy atom. The van der Waals surface area contributed by atoms with E-state index in [0.717, 1.165) is 30.0 Å². The third-order valence-electron chi connectivity index (χ3n) is 5.93. The van der Waals surface area contributed by atoms with Crippen LogP contribution < -0.4 is 10.6 Å². The molecular weight excluding hydrogens is 301 g/mol. The van der Waals surface area contributed by atoms with Gasteiger partial charge in [-0.1, -0.05) is 6.92 Å². The Kier molecular flexibility index (Phi) is 3.46. The largest absolute Gasteiger partial charge is 0.355 e. The zero-order valence-corrected chi connectivity index (χ0v) is 14.0. The Hall–Kier alpha value is -2.20. The third-order valence-corrected chi connectivity index (χ3v) is 5.93. The lowest BCUT2D eigenvalue weighted by atomic mass is 9.87. The average molecular weight is 323 g/mol. The fourth-order valence-electron chi connectivity index (χ4n) is 4.49. The first-order chi connectivity index (χ1) is 11.6. The number of anilines is 2.